The van der Waals surface area contributed by atoms with Gasteiger partial charge in [0.05, 0.1) is 0 Å². The van der Waals surface area contributed by atoms with E-state index in [4.69, 9.17) is 13.6 Å². The summed E-state index contributed by atoms with van der Waals surface area (Å²) in [7, 11) is 5.64. The highest BCUT2D eigenvalue weighted by molar-refractivity contribution is 9.10. The molecule has 1 atom stereocenters. The lowest BCUT2D eigenvalue weighted by Crippen LogP contribution is -2.03. The minimum absolute atomic E-state index is 0.597. The number of hydrogen-bond acceptors (Lipinski definition) is 3. The lowest BCUT2D eigenvalue weighted by atomic mass is 9.91. The van der Waals surface area contributed by atoms with Crippen molar-refractivity contribution in [1.29, 1.82) is 0 Å². The first kappa shape index (κ1) is 18.3. The Morgan fingerprint density at radius 1 is 1.25 bits per heavy atom. The summed E-state index contributed by atoms with van der Waals surface area (Å²) in [6, 6.07) is 13.5. The number of anilines is 1. The molecule has 0 bridgehead atoms. The van der Waals surface area contributed by atoms with Crippen LogP contribution < -0.4 is 11.2 Å². The maximum Gasteiger partial charge on any atom is 0.155 e. The van der Waals surface area contributed by atoms with Crippen molar-refractivity contribution in [2.24, 2.45) is 0 Å². The summed E-state index contributed by atoms with van der Waals surface area (Å²) in [6.45, 7) is 4.41. The molecule has 4 nitrogen and oxygen atoms in total. The highest BCUT2D eigenvalue weighted by atomic mass is 79.9. The molecule has 2 radical (unpaired) electrons. The van der Waals surface area contributed by atoms with E-state index >= 15 is 0 Å². The molecule has 1 unspecified atom stereocenters. The first-order valence-corrected chi connectivity index (χ1v) is 8.56. The third-order valence-corrected chi connectivity index (χ3v) is 4.43. The molecule has 0 saturated carbocycles. The molecule has 122 valence electrons. The van der Waals surface area contributed by atoms with Crippen molar-refractivity contribution in [3.8, 4) is 11.4 Å². The fourth-order valence-corrected chi connectivity index (χ4v) is 2.98. The molecule has 0 amide bonds. The summed E-state index contributed by atoms with van der Waals surface area (Å²) in [5, 5.41) is 6.52. The number of H-pyrrole nitrogens is 1. The summed E-state index contributed by atoms with van der Waals surface area (Å²) >= 11 is 3.51. The minimum atomic E-state index is 0.597. The molecule has 1 aromatic heterocycles. The zero-order valence-electron chi connectivity index (χ0n) is 13.8. The van der Waals surface area contributed by atoms with Gasteiger partial charge in [-0.1, -0.05) is 65.6 Å². The minimum Gasteiger partial charge on any atom is -0.399 e. The maximum absolute atomic E-state index is 5.64. The third-order valence-electron chi connectivity index (χ3n) is 3.74. The monoisotopic (exact) mass is 382 g/mol. The Balaban J connectivity index is 0.000000174. The Morgan fingerprint density at radius 3 is 2.62 bits per heavy atom. The predicted molar refractivity (Wildman–Crippen MR) is 104 cm³/mol. The topological polar surface area (TPSA) is 67.6 Å². The van der Waals surface area contributed by atoms with Gasteiger partial charge in [0.2, 0.25) is 0 Å². The van der Waals surface area contributed by atoms with Gasteiger partial charge < -0.3 is 5.73 Å². The molecule has 0 saturated heterocycles. The smallest absolute Gasteiger partial charge is 0.155 e. The Labute approximate surface area is 152 Å². The first-order chi connectivity index (χ1) is 11.5. The summed E-state index contributed by atoms with van der Waals surface area (Å²) in [5.41, 5.74) is 9.43. The molecule has 6 heteroatoms. The molecule has 3 N–H and O–H groups in total. The quantitative estimate of drug-likeness (QED) is 0.534. The number of aromatic nitrogens is 3. The Kier molecular flexibility index (Phi) is 6.61. The van der Waals surface area contributed by atoms with Gasteiger partial charge in [-0.15, -0.1) is 0 Å². The molecular formula is C18H20BBrN4. The number of nitrogens with two attached hydrogens (primary N) is 1. The van der Waals surface area contributed by atoms with Crippen molar-refractivity contribution in [2.45, 2.75) is 26.2 Å². The van der Waals surface area contributed by atoms with Crippen LogP contribution in [0.1, 0.15) is 31.7 Å². The second-order valence-corrected chi connectivity index (χ2v) is 6.40. The predicted octanol–water partition coefficient (Wildman–Crippen LogP) is 3.81. The van der Waals surface area contributed by atoms with Crippen LogP contribution in [0.3, 0.4) is 0 Å². The molecule has 0 aliphatic carbocycles. The van der Waals surface area contributed by atoms with Crippen molar-refractivity contribution in [3.63, 3.8) is 0 Å². The largest absolute Gasteiger partial charge is 0.399 e. The standard InChI is InChI=1S/C10H12BBr.C8H8N4/c1-3-7(2)9-5-4-8(11)6-10(9)12;9-7-3-1-2-6(4-7)8-10-5-11-12-8/h4-7H,3H2,1-2H3;1-5H,9H2,(H,10,11,12). The molecule has 0 aliphatic heterocycles. The summed E-state index contributed by atoms with van der Waals surface area (Å²) in [4.78, 5) is 4.01. The zero-order valence-corrected chi connectivity index (χ0v) is 15.4. The second-order valence-electron chi connectivity index (χ2n) is 5.55. The van der Waals surface area contributed by atoms with Crippen LogP contribution in [0.4, 0.5) is 5.69 Å². The van der Waals surface area contributed by atoms with E-state index in [9.17, 15) is 0 Å². The molecular weight excluding hydrogens is 363 g/mol. The summed E-state index contributed by atoms with van der Waals surface area (Å²) in [5.74, 6) is 1.34. The van der Waals surface area contributed by atoms with E-state index in [1.807, 2.05) is 36.4 Å². The van der Waals surface area contributed by atoms with Crippen LogP contribution in [0, 0.1) is 0 Å². The van der Waals surface area contributed by atoms with Gasteiger partial charge in [-0.3, -0.25) is 5.10 Å². The van der Waals surface area contributed by atoms with E-state index in [1.54, 1.807) is 0 Å². The van der Waals surface area contributed by atoms with Crippen molar-refractivity contribution in [2.75, 3.05) is 5.73 Å². The van der Waals surface area contributed by atoms with E-state index < -0.39 is 0 Å². The number of hydrogen-bond donors (Lipinski definition) is 2. The zero-order chi connectivity index (χ0) is 17.5. The van der Waals surface area contributed by atoms with Crippen molar-refractivity contribution in [3.05, 3.63) is 58.8 Å². The number of benzene rings is 2. The van der Waals surface area contributed by atoms with Gasteiger partial charge in [0.25, 0.3) is 0 Å². The lowest BCUT2D eigenvalue weighted by Gasteiger charge is -2.11. The Morgan fingerprint density at radius 2 is 2.04 bits per heavy atom. The van der Waals surface area contributed by atoms with Gasteiger partial charge in [-0.05, 0) is 30.0 Å². The molecule has 1 heterocycles. The van der Waals surface area contributed by atoms with Crippen LogP contribution >= 0.6 is 15.9 Å². The maximum atomic E-state index is 5.64. The van der Waals surface area contributed by atoms with E-state index in [0.717, 1.165) is 33.4 Å². The van der Waals surface area contributed by atoms with Crippen LogP contribution in [0.5, 0.6) is 0 Å². The van der Waals surface area contributed by atoms with Gasteiger partial charge in [0.1, 0.15) is 14.2 Å². The fourth-order valence-electron chi connectivity index (χ4n) is 2.19. The molecule has 0 spiro atoms. The van der Waals surface area contributed by atoms with Gasteiger partial charge in [-0.25, -0.2) is 4.98 Å². The second kappa shape index (κ2) is 8.69. The number of nitrogens with one attached hydrogen (secondary N) is 1. The van der Waals surface area contributed by atoms with Crippen LogP contribution in [-0.2, 0) is 0 Å². The van der Waals surface area contributed by atoms with Gasteiger partial charge in [0, 0.05) is 15.7 Å². The van der Waals surface area contributed by atoms with Crippen molar-refractivity contribution in [1.82, 2.24) is 15.2 Å². The Hall–Kier alpha value is -2.08. The van der Waals surface area contributed by atoms with Gasteiger partial charge in [-0.2, -0.15) is 5.10 Å². The number of halogens is 1. The average Bonchev–Trinajstić information content (AvgIpc) is 3.09. The molecule has 0 fully saturated rings. The van der Waals surface area contributed by atoms with E-state index in [0.29, 0.717) is 5.92 Å². The molecule has 2 aromatic carbocycles. The number of aromatic amines is 1. The van der Waals surface area contributed by atoms with Crippen LogP contribution in [0.25, 0.3) is 11.4 Å². The molecule has 3 aromatic rings. The van der Waals surface area contributed by atoms with Crippen LogP contribution in [-0.4, -0.2) is 23.0 Å². The number of nitrogen functional groups attached to an aromatic ring is 1. The average molecular weight is 383 g/mol. The molecule has 24 heavy (non-hydrogen) atoms. The Bertz CT molecular complexity index is 774. The normalized spacial score (nSPS) is 11.5. The van der Waals surface area contributed by atoms with Crippen LogP contribution in [0.15, 0.2) is 53.3 Å². The van der Waals surface area contributed by atoms with E-state index in [1.165, 1.54) is 11.9 Å². The molecule has 3 rings (SSSR count). The fraction of sp³-hybridized carbons (Fsp3) is 0.222. The van der Waals surface area contributed by atoms with E-state index in [2.05, 4.69) is 51.0 Å². The molecule has 0 aliphatic rings. The highest BCUT2D eigenvalue weighted by Crippen LogP contribution is 2.25. The van der Waals surface area contributed by atoms with Crippen molar-refractivity contribution >= 4 is 34.9 Å². The SMILES string of the molecule is Nc1cccc(-c2ncn[nH]2)c1.[B]c1ccc(C(C)CC)c(Br)c1. The van der Waals surface area contributed by atoms with Crippen molar-refractivity contribution < 1.29 is 0 Å². The van der Waals surface area contributed by atoms with Gasteiger partial charge >= 0.3 is 0 Å². The number of nitrogens with zero attached hydrogens (tertiary/aromatic N) is 2. The van der Waals surface area contributed by atoms with E-state index in [-0.39, 0.29) is 0 Å². The number of rotatable bonds is 3. The lowest BCUT2D eigenvalue weighted by molar-refractivity contribution is 0.730. The summed E-state index contributed by atoms with van der Waals surface area (Å²) < 4.78 is 1.12. The third kappa shape index (κ3) is 4.96. The van der Waals surface area contributed by atoms with Gasteiger partial charge in [0.15, 0.2) is 5.82 Å². The highest BCUT2D eigenvalue weighted by Gasteiger charge is 2.06. The van der Waals surface area contributed by atoms with Crippen LogP contribution in [0.2, 0.25) is 0 Å². The summed E-state index contributed by atoms with van der Waals surface area (Å²) in [6.07, 6.45) is 2.63. The first-order valence-electron chi connectivity index (χ1n) is 7.77.